The van der Waals surface area contributed by atoms with Gasteiger partial charge in [0.25, 0.3) is 0 Å². The third kappa shape index (κ3) is 1.14. The molecule has 84 valence electrons. The third-order valence-electron chi connectivity index (χ3n) is 2.84. The molecule has 0 N–H and O–H groups in total. The fraction of sp³-hybridized carbons (Fsp3) is 0. The predicted molar refractivity (Wildman–Crippen MR) is 60.5 cm³/mol. The quantitative estimate of drug-likeness (QED) is 0.658. The molecule has 0 amide bonds. The van der Waals surface area contributed by atoms with Crippen molar-refractivity contribution in [2.75, 3.05) is 0 Å². The van der Waals surface area contributed by atoms with Gasteiger partial charge in [0.05, 0.1) is 10.5 Å². The van der Waals surface area contributed by atoms with Gasteiger partial charge in [0.2, 0.25) is 15.6 Å². The van der Waals surface area contributed by atoms with Crippen LogP contribution in [0.5, 0.6) is 0 Å². The summed E-state index contributed by atoms with van der Waals surface area (Å²) in [7, 11) is -4.11. The molecule has 0 unspecified atom stereocenters. The maximum absolute atomic E-state index is 11.7. The van der Waals surface area contributed by atoms with E-state index in [1.807, 2.05) is 0 Å². The third-order valence-corrected chi connectivity index (χ3v) is 4.43. The Labute approximate surface area is 96.8 Å². The first-order valence-electron chi connectivity index (χ1n) is 4.89. The van der Waals surface area contributed by atoms with E-state index in [2.05, 4.69) is 0 Å². The smallest absolute Gasteiger partial charge is 0.284 e. The minimum absolute atomic E-state index is 0.00750. The molecule has 0 saturated carbocycles. The van der Waals surface area contributed by atoms with Crippen molar-refractivity contribution in [2.45, 2.75) is 4.90 Å². The molecule has 17 heavy (non-hydrogen) atoms. The topological polar surface area (TPSA) is 68.3 Å². The van der Waals surface area contributed by atoms with Gasteiger partial charge >= 0.3 is 5.12 Å². The number of Topliss-reactive ketones (excluding diaryl/α,β-unsaturated/α-hetero) is 1. The van der Waals surface area contributed by atoms with E-state index in [-0.39, 0.29) is 10.5 Å². The zero-order valence-electron chi connectivity index (χ0n) is 8.51. The van der Waals surface area contributed by atoms with E-state index in [9.17, 15) is 18.0 Å². The SMILES string of the molecule is O=C1C(=O)S(=O)(=O)c2ccc3ccccc3c21. The Kier molecular flexibility index (Phi) is 1.80. The van der Waals surface area contributed by atoms with Crippen molar-refractivity contribution in [1.29, 1.82) is 0 Å². The zero-order chi connectivity index (χ0) is 12.2. The van der Waals surface area contributed by atoms with Gasteiger partial charge < -0.3 is 0 Å². The van der Waals surface area contributed by atoms with Gasteiger partial charge in [0, 0.05) is 0 Å². The number of benzene rings is 2. The van der Waals surface area contributed by atoms with Gasteiger partial charge in [0.1, 0.15) is 0 Å². The molecule has 0 radical (unpaired) electrons. The predicted octanol–water partition coefficient (Wildman–Crippen LogP) is 1.34. The maximum atomic E-state index is 11.7. The van der Waals surface area contributed by atoms with Crippen molar-refractivity contribution in [3.63, 3.8) is 0 Å². The number of hydrogen-bond acceptors (Lipinski definition) is 4. The van der Waals surface area contributed by atoms with Gasteiger partial charge in [-0.2, -0.15) is 0 Å². The van der Waals surface area contributed by atoms with Crippen LogP contribution in [0, 0.1) is 0 Å². The summed E-state index contributed by atoms with van der Waals surface area (Å²) in [5, 5.41) is -0.0854. The normalized spacial score (nSPS) is 17.4. The van der Waals surface area contributed by atoms with Crippen molar-refractivity contribution >= 4 is 31.5 Å². The Morgan fingerprint density at radius 2 is 1.59 bits per heavy atom. The Balaban J connectivity index is 2.57. The van der Waals surface area contributed by atoms with Crippen LogP contribution in [-0.4, -0.2) is 19.3 Å². The lowest BCUT2D eigenvalue weighted by molar-refractivity contribution is -0.108. The van der Waals surface area contributed by atoms with Gasteiger partial charge in [-0.15, -0.1) is 0 Å². The first-order chi connectivity index (χ1) is 8.03. The number of carbonyl (C=O) groups excluding carboxylic acids is 2. The van der Waals surface area contributed by atoms with Crippen LogP contribution in [0.15, 0.2) is 41.3 Å². The molecular weight excluding hydrogens is 240 g/mol. The number of hydrogen-bond donors (Lipinski definition) is 0. The van der Waals surface area contributed by atoms with E-state index >= 15 is 0 Å². The molecule has 0 atom stereocenters. The lowest BCUT2D eigenvalue weighted by Crippen LogP contribution is -2.13. The van der Waals surface area contributed by atoms with Crippen molar-refractivity contribution in [2.24, 2.45) is 0 Å². The fourth-order valence-corrected chi connectivity index (χ4v) is 3.30. The molecule has 0 aromatic heterocycles. The fourth-order valence-electron chi connectivity index (χ4n) is 2.03. The van der Waals surface area contributed by atoms with Crippen LogP contribution in [-0.2, 0) is 14.6 Å². The second-order valence-corrected chi connectivity index (χ2v) is 5.60. The van der Waals surface area contributed by atoms with Gasteiger partial charge in [-0.05, 0) is 16.8 Å². The number of rotatable bonds is 0. The highest BCUT2D eigenvalue weighted by Gasteiger charge is 2.43. The number of ketones is 1. The highest BCUT2D eigenvalue weighted by atomic mass is 32.2. The Morgan fingerprint density at radius 1 is 0.882 bits per heavy atom. The van der Waals surface area contributed by atoms with Crippen LogP contribution in [0.1, 0.15) is 10.4 Å². The Hall–Kier alpha value is -2.01. The molecule has 5 heteroatoms. The minimum atomic E-state index is -4.11. The Morgan fingerprint density at radius 3 is 2.35 bits per heavy atom. The van der Waals surface area contributed by atoms with E-state index < -0.39 is 20.7 Å². The molecular formula is C12H6O4S. The standard InChI is InChI=1S/C12H6O4S/c13-11-10-8-4-2-1-3-7(8)5-6-9(10)17(15,16)12(11)14/h1-6H. The number of fused-ring (bicyclic) bond motifs is 3. The molecule has 0 bridgehead atoms. The highest BCUT2D eigenvalue weighted by molar-refractivity contribution is 8.09. The monoisotopic (exact) mass is 246 g/mol. The summed E-state index contributed by atoms with van der Waals surface area (Å²) >= 11 is 0. The van der Waals surface area contributed by atoms with Crippen molar-refractivity contribution in [3.8, 4) is 0 Å². The minimum Gasteiger partial charge on any atom is -0.284 e. The molecule has 1 aliphatic rings. The average molecular weight is 246 g/mol. The van der Waals surface area contributed by atoms with E-state index in [4.69, 9.17) is 0 Å². The molecule has 0 aliphatic carbocycles. The second-order valence-electron chi connectivity index (χ2n) is 3.78. The van der Waals surface area contributed by atoms with E-state index in [0.29, 0.717) is 5.39 Å². The lowest BCUT2D eigenvalue weighted by Gasteiger charge is -2.01. The Bertz CT molecular complexity index is 787. The van der Waals surface area contributed by atoms with Crippen molar-refractivity contribution in [1.82, 2.24) is 0 Å². The molecule has 1 aliphatic heterocycles. The first kappa shape index (κ1) is 10.2. The zero-order valence-corrected chi connectivity index (χ0v) is 9.32. The van der Waals surface area contributed by atoms with Crippen LogP contribution in [0.3, 0.4) is 0 Å². The molecule has 0 saturated heterocycles. The molecule has 0 spiro atoms. The van der Waals surface area contributed by atoms with Crippen molar-refractivity contribution < 1.29 is 18.0 Å². The van der Waals surface area contributed by atoms with Crippen LogP contribution in [0.25, 0.3) is 10.8 Å². The van der Waals surface area contributed by atoms with Crippen LogP contribution in [0.2, 0.25) is 0 Å². The summed E-state index contributed by atoms with van der Waals surface area (Å²) in [5.74, 6) is -0.934. The van der Waals surface area contributed by atoms with Crippen LogP contribution in [0.4, 0.5) is 0 Å². The van der Waals surface area contributed by atoms with Gasteiger partial charge in [-0.3, -0.25) is 9.59 Å². The summed E-state index contributed by atoms with van der Waals surface area (Å²) in [6.45, 7) is 0. The van der Waals surface area contributed by atoms with E-state index in [1.54, 1.807) is 30.3 Å². The molecule has 0 fully saturated rings. The summed E-state index contributed by atoms with van der Waals surface area (Å²) < 4.78 is 23.3. The van der Waals surface area contributed by atoms with E-state index in [0.717, 1.165) is 5.39 Å². The molecule has 3 rings (SSSR count). The van der Waals surface area contributed by atoms with Crippen LogP contribution >= 0.6 is 0 Å². The largest absolute Gasteiger partial charge is 0.321 e. The van der Waals surface area contributed by atoms with Gasteiger partial charge in [0.15, 0.2) is 0 Å². The molecule has 4 nitrogen and oxygen atoms in total. The summed E-state index contributed by atoms with van der Waals surface area (Å²) in [4.78, 5) is 22.9. The lowest BCUT2D eigenvalue weighted by atomic mass is 10.0. The van der Waals surface area contributed by atoms with Gasteiger partial charge in [-0.25, -0.2) is 8.42 Å². The average Bonchev–Trinajstić information content (AvgIpc) is 2.51. The second kappa shape index (κ2) is 3.01. The molecule has 2 aromatic rings. The number of carbonyl (C=O) groups is 2. The van der Waals surface area contributed by atoms with Crippen molar-refractivity contribution in [3.05, 3.63) is 42.0 Å². The first-order valence-corrected chi connectivity index (χ1v) is 6.37. The summed E-state index contributed by atoms with van der Waals surface area (Å²) in [6.07, 6.45) is 0. The highest BCUT2D eigenvalue weighted by Crippen LogP contribution is 2.32. The van der Waals surface area contributed by atoms with E-state index in [1.165, 1.54) is 6.07 Å². The summed E-state index contributed by atoms with van der Waals surface area (Å²) in [5.41, 5.74) is 0.00750. The van der Waals surface area contributed by atoms with Crippen LogP contribution < -0.4 is 0 Å². The van der Waals surface area contributed by atoms with Gasteiger partial charge in [-0.1, -0.05) is 30.3 Å². The summed E-state index contributed by atoms with van der Waals surface area (Å²) in [6, 6.07) is 9.79. The molecule has 2 aromatic carbocycles. The maximum Gasteiger partial charge on any atom is 0.321 e. The number of sulfone groups is 1. The molecule has 1 heterocycles.